The summed E-state index contributed by atoms with van der Waals surface area (Å²) >= 11 is 0. The van der Waals surface area contributed by atoms with Gasteiger partial charge in [-0.05, 0) is 23.1 Å². The van der Waals surface area contributed by atoms with Crippen LogP contribution in [0.25, 0.3) is 0 Å². The number of aryl methyl sites for hydroxylation is 1. The molecule has 4 rings (SSSR count). The number of nitrogens with one attached hydrogen (secondary N) is 1. The van der Waals surface area contributed by atoms with E-state index in [1.165, 1.54) is 0 Å². The van der Waals surface area contributed by atoms with Gasteiger partial charge in [0.15, 0.2) is 0 Å². The first-order chi connectivity index (χ1) is 14.7. The van der Waals surface area contributed by atoms with Crippen LogP contribution in [0, 0.1) is 0 Å². The van der Waals surface area contributed by atoms with E-state index >= 15 is 0 Å². The molecule has 1 atom stereocenters. The van der Waals surface area contributed by atoms with Crippen LogP contribution in [-0.4, -0.2) is 14.9 Å². The molecule has 2 N–H and O–H groups in total. The third-order valence-corrected chi connectivity index (χ3v) is 5.64. The van der Waals surface area contributed by atoms with E-state index in [-0.39, 0.29) is 0 Å². The molecule has 4 aromatic rings. The fraction of sp³-hybridized carbons (Fsp3) is 0.192. The molecule has 152 valence electrons. The van der Waals surface area contributed by atoms with Gasteiger partial charge in [0.1, 0.15) is 11.4 Å². The first-order valence-corrected chi connectivity index (χ1v) is 10.3. The van der Waals surface area contributed by atoms with E-state index in [0.29, 0.717) is 6.42 Å². The van der Waals surface area contributed by atoms with Crippen molar-refractivity contribution in [3.05, 3.63) is 119 Å². The molecule has 0 aliphatic heterocycles. The number of aliphatic hydroxyl groups excluding tert-OH is 1. The number of hydrogen-bond donors (Lipinski definition) is 2. The molecule has 1 heterocycles. The molecule has 0 bridgehead atoms. The Kier molecular flexibility index (Phi) is 5.68. The van der Waals surface area contributed by atoms with E-state index in [4.69, 9.17) is 0 Å². The minimum atomic E-state index is -0.653. The predicted octanol–water partition coefficient (Wildman–Crippen LogP) is 5.27. The minimum absolute atomic E-state index is 0.582. The van der Waals surface area contributed by atoms with Crippen molar-refractivity contribution in [2.24, 2.45) is 7.05 Å². The van der Waals surface area contributed by atoms with E-state index in [9.17, 15) is 5.11 Å². The highest BCUT2D eigenvalue weighted by molar-refractivity contribution is 5.60. The van der Waals surface area contributed by atoms with Gasteiger partial charge in [0.25, 0.3) is 0 Å². The van der Waals surface area contributed by atoms with Crippen molar-refractivity contribution in [1.29, 1.82) is 0 Å². The van der Waals surface area contributed by atoms with Gasteiger partial charge in [-0.15, -0.1) is 0 Å². The lowest BCUT2D eigenvalue weighted by atomic mass is 9.77. The molecule has 0 radical (unpaired) electrons. The van der Waals surface area contributed by atoms with Crippen molar-refractivity contribution in [1.82, 2.24) is 9.78 Å². The number of hydrogen-bond acceptors (Lipinski definition) is 3. The normalized spacial score (nSPS) is 12.5. The zero-order valence-corrected chi connectivity index (χ0v) is 17.4. The molecule has 30 heavy (non-hydrogen) atoms. The molecule has 3 aromatic carbocycles. The molecule has 1 unspecified atom stereocenters. The quantitative estimate of drug-likeness (QED) is 0.418. The van der Waals surface area contributed by atoms with Gasteiger partial charge in [0.2, 0.25) is 0 Å². The number of aliphatic hydroxyl groups is 1. The summed E-state index contributed by atoms with van der Waals surface area (Å²) in [5.74, 6) is 0.806. The molecule has 1 aromatic heterocycles. The van der Waals surface area contributed by atoms with Crippen LogP contribution in [0.15, 0.2) is 97.2 Å². The minimum Gasteiger partial charge on any atom is -0.388 e. The Labute approximate surface area is 177 Å². The topological polar surface area (TPSA) is 50.1 Å². The summed E-state index contributed by atoms with van der Waals surface area (Å²) in [7, 11) is 1.90. The highest BCUT2D eigenvalue weighted by Gasteiger charge is 2.38. The summed E-state index contributed by atoms with van der Waals surface area (Å²) in [4.78, 5) is 0. The Morgan fingerprint density at radius 1 is 0.833 bits per heavy atom. The van der Waals surface area contributed by atoms with Crippen LogP contribution in [0.2, 0.25) is 0 Å². The van der Waals surface area contributed by atoms with E-state index < -0.39 is 11.6 Å². The molecule has 0 amide bonds. The van der Waals surface area contributed by atoms with Gasteiger partial charge in [-0.25, -0.2) is 0 Å². The van der Waals surface area contributed by atoms with Crippen molar-refractivity contribution in [3.8, 4) is 0 Å². The third-order valence-electron chi connectivity index (χ3n) is 5.64. The highest BCUT2D eigenvalue weighted by atomic mass is 16.3. The summed E-state index contributed by atoms with van der Waals surface area (Å²) < 4.78 is 1.80. The van der Waals surface area contributed by atoms with Crippen molar-refractivity contribution < 1.29 is 5.11 Å². The molecule has 0 fully saturated rings. The molecular formula is C26H27N3O. The second-order valence-electron chi connectivity index (χ2n) is 7.47. The van der Waals surface area contributed by atoms with Crippen LogP contribution in [0.5, 0.6) is 0 Å². The smallest absolute Gasteiger partial charge is 0.130 e. The number of aromatic nitrogens is 2. The van der Waals surface area contributed by atoms with Crippen LogP contribution in [0.3, 0.4) is 0 Å². The molecule has 4 heteroatoms. The molecule has 0 spiro atoms. The fourth-order valence-electron chi connectivity index (χ4n) is 4.03. The number of anilines is 1. The van der Waals surface area contributed by atoms with Crippen LogP contribution in [0.4, 0.5) is 5.82 Å². The van der Waals surface area contributed by atoms with Crippen LogP contribution in [-0.2, 0) is 12.6 Å². The summed E-state index contributed by atoms with van der Waals surface area (Å²) in [5, 5.41) is 18.9. The molecular weight excluding hydrogens is 370 g/mol. The standard InChI is InChI=1S/C26H27N3O/c1-3-24(30)23-19-27-29(2)25(23)28-26(20-13-7-4-8-14-20,21-15-9-5-10-16-21)22-17-11-6-12-18-22/h4-19,24,28,30H,3H2,1-2H3. The van der Waals surface area contributed by atoms with Gasteiger partial charge in [0.05, 0.1) is 12.3 Å². The molecule has 0 aliphatic carbocycles. The maximum absolute atomic E-state index is 10.6. The first-order valence-electron chi connectivity index (χ1n) is 10.3. The Morgan fingerprint density at radius 2 is 1.27 bits per heavy atom. The lowest BCUT2D eigenvalue weighted by Gasteiger charge is -2.38. The zero-order chi connectivity index (χ0) is 21.0. The van der Waals surface area contributed by atoms with Crippen molar-refractivity contribution >= 4 is 5.82 Å². The van der Waals surface area contributed by atoms with E-state index in [1.807, 2.05) is 32.2 Å². The first kappa shape index (κ1) is 19.9. The summed E-state index contributed by atoms with van der Waals surface area (Å²) in [6.45, 7) is 1.97. The van der Waals surface area contributed by atoms with Gasteiger partial charge >= 0.3 is 0 Å². The van der Waals surface area contributed by atoms with E-state index in [2.05, 4.69) is 83.2 Å². The van der Waals surface area contributed by atoms with Gasteiger partial charge < -0.3 is 10.4 Å². The zero-order valence-electron chi connectivity index (χ0n) is 17.4. The van der Waals surface area contributed by atoms with Gasteiger partial charge in [0, 0.05) is 12.6 Å². The SMILES string of the molecule is CCC(O)c1cnn(C)c1NC(c1ccccc1)(c1ccccc1)c1ccccc1. The summed E-state index contributed by atoms with van der Waals surface area (Å²) in [5.41, 5.74) is 3.48. The monoisotopic (exact) mass is 397 g/mol. The number of nitrogens with zero attached hydrogens (tertiary/aromatic N) is 2. The van der Waals surface area contributed by atoms with Gasteiger partial charge in [-0.2, -0.15) is 5.10 Å². The molecule has 4 nitrogen and oxygen atoms in total. The van der Waals surface area contributed by atoms with Crippen LogP contribution >= 0.6 is 0 Å². The number of rotatable bonds is 7. The Hall–Kier alpha value is -3.37. The third kappa shape index (κ3) is 3.51. The van der Waals surface area contributed by atoms with Crippen LogP contribution in [0.1, 0.15) is 41.7 Å². The molecule has 0 saturated carbocycles. The molecule has 0 aliphatic rings. The Bertz CT molecular complexity index is 979. The molecule has 0 saturated heterocycles. The van der Waals surface area contributed by atoms with Gasteiger partial charge in [-0.3, -0.25) is 4.68 Å². The maximum Gasteiger partial charge on any atom is 0.130 e. The van der Waals surface area contributed by atoms with Gasteiger partial charge in [-0.1, -0.05) is 97.9 Å². The largest absolute Gasteiger partial charge is 0.388 e. The highest BCUT2D eigenvalue weighted by Crippen LogP contribution is 2.41. The fourth-order valence-corrected chi connectivity index (χ4v) is 4.03. The van der Waals surface area contributed by atoms with E-state index in [0.717, 1.165) is 28.1 Å². The predicted molar refractivity (Wildman–Crippen MR) is 121 cm³/mol. The number of benzene rings is 3. The second kappa shape index (κ2) is 8.56. The Balaban J connectivity index is 2.01. The van der Waals surface area contributed by atoms with E-state index in [1.54, 1.807) is 10.9 Å². The summed E-state index contributed by atoms with van der Waals surface area (Å²) in [6.07, 6.45) is 1.79. The van der Waals surface area contributed by atoms with Crippen LogP contribution < -0.4 is 5.32 Å². The van der Waals surface area contributed by atoms with Crippen molar-refractivity contribution in [3.63, 3.8) is 0 Å². The lowest BCUT2D eigenvalue weighted by molar-refractivity contribution is 0.174. The average Bonchev–Trinajstić information content (AvgIpc) is 3.18. The maximum atomic E-state index is 10.6. The average molecular weight is 398 g/mol. The van der Waals surface area contributed by atoms with Crippen molar-refractivity contribution in [2.45, 2.75) is 25.0 Å². The van der Waals surface area contributed by atoms with Crippen molar-refractivity contribution in [2.75, 3.05) is 5.32 Å². The second-order valence-corrected chi connectivity index (χ2v) is 7.47. The Morgan fingerprint density at radius 3 is 1.67 bits per heavy atom. The lowest BCUT2D eigenvalue weighted by Crippen LogP contribution is -2.39. The summed E-state index contributed by atoms with van der Waals surface area (Å²) in [6, 6.07) is 31.3.